The van der Waals surface area contributed by atoms with E-state index in [1.165, 1.54) is 16.0 Å². The number of aliphatic hydroxyl groups is 1. The van der Waals surface area contributed by atoms with Gasteiger partial charge in [-0.25, -0.2) is 9.67 Å². The van der Waals surface area contributed by atoms with Gasteiger partial charge in [-0.3, -0.25) is 9.89 Å². The van der Waals surface area contributed by atoms with Crippen molar-refractivity contribution < 1.29 is 5.11 Å². The summed E-state index contributed by atoms with van der Waals surface area (Å²) in [7, 11) is 1.78. The van der Waals surface area contributed by atoms with Gasteiger partial charge in [-0.1, -0.05) is 12.1 Å². The summed E-state index contributed by atoms with van der Waals surface area (Å²) in [6.45, 7) is 2.01. The van der Waals surface area contributed by atoms with E-state index in [4.69, 9.17) is 0 Å². The molecule has 3 heterocycles. The maximum absolute atomic E-state index is 13.0. The lowest BCUT2D eigenvalue weighted by atomic mass is 10.1. The molecular formula is C18H18N6O2S. The highest BCUT2D eigenvalue weighted by Crippen LogP contribution is 2.26. The first kappa shape index (κ1) is 17.4. The Morgan fingerprint density at radius 3 is 3.00 bits per heavy atom. The van der Waals surface area contributed by atoms with Crippen molar-refractivity contribution in [1.82, 2.24) is 25.0 Å². The van der Waals surface area contributed by atoms with Gasteiger partial charge in [-0.15, -0.1) is 11.3 Å². The second kappa shape index (κ2) is 6.93. The molecule has 8 nitrogen and oxygen atoms in total. The van der Waals surface area contributed by atoms with Gasteiger partial charge in [0, 0.05) is 24.0 Å². The lowest BCUT2D eigenvalue weighted by molar-refractivity contribution is 0.199. The van der Waals surface area contributed by atoms with Crippen LogP contribution in [0.2, 0.25) is 0 Å². The molecule has 9 heteroatoms. The van der Waals surface area contributed by atoms with Crippen LogP contribution in [0, 0.1) is 0 Å². The molecule has 1 aromatic carbocycles. The third kappa shape index (κ3) is 3.22. The van der Waals surface area contributed by atoms with Crippen molar-refractivity contribution in [3.63, 3.8) is 0 Å². The second-order valence-corrected chi connectivity index (χ2v) is 7.10. The fourth-order valence-corrected chi connectivity index (χ4v) is 3.67. The first-order valence-electron chi connectivity index (χ1n) is 8.39. The van der Waals surface area contributed by atoms with Crippen molar-refractivity contribution in [3.8, 4) is 0 Å². The lowest BCUT2D eigenvalue weighted by Crippen LogP contribution is -2.29. The SMILES string of the molecule is CC(O)c1nc(N(C)c2ccnn(Cc3cccc4[nH]ncc34)c2=O)cs1. The van der Waals surface area contributed by atoms with Crippen molar-refractivity contribution >= 4 is 33.7 Å². The van der Waals surface area contributed by atoms with Crippen LogP contribution in [0.5, 0.6) is 0 Å². The van der Waals surface area contributed by atoms with Crippen LogP contribution in [-0.2, 0) is 6.54 Å². The summed E-state index contributed by atoms with van der Waals surface area (Å²) < 4.78 is 1.43. The molecule has 0 radical (unpaired) electrons. The van der Waals surface area contributed by atoms with Crippen LogP contribution < -0.4 is 10.5 Å². The first-order valence-corrected chi connectivity index (χ1v) is 9.27. The molecule has 138 valence electrons. The molecule has 4 rings (SSSR count). The number of aromatic nitrogens is 5. The maximum Gasteiger partial charge on any atom is 0.290 e. The number of aliphatic hydroxyl groups excluding tert-OH is 1. The number of nitrogens with zero attached hydrogens (tertiary/aromatic N) is 5. The van der Waals surface area contributed by atoms with Crippen LogP contribution in [0.4, 0.5) is 11.5 Å². The van der Waals surface area contributed by atoms with Gasteiger partial charge in [0.05, 0.1) is 18.3 Å². The molecule has 3 aromatic heterocycles. The Hall–Kier alpha value is -3.04. The molecule has 2 N–H and O–H groups in total. The van der Waals surface area contributed by atoms with Gasteiger partial charge in [-0.05, 0) is 24.6 Å². The van der Waals surface area contributed by atoms with Crippen molar-refractivity contribution in [1.29, 1.82) is 0 Å². The molecule has 0 bridgehead atoms. The number of hydrogen-bond donors (Lipinski definition) is 2. The quantitative estimate of drug-likeness (QED) is 0.550. The molecule has 0 aliphatic heterocycles. The van der Waals surface area contributed by atoms with E-state index in [-0.39, 0.29) is 5.56 Å². The minimum atomic E-state index is -0.637. The van der Waals surface area contributed by atoms with E-state index in [0.717, 1.165) is 16.5 Å². The number of H-pyrrole nitrogens is 1. The number of rotatable bonds is 5. The Balaban J connectivity index is 1.68. The van der Waals surface area contributed by atoms with E-state index in [9.17, 15) is 9.90 Å². The molecule has 0 amide bonds. The zero-order chi connectivity index (χ0) is 19.0. The molecule has 0 aliphatic rings. The summed E-state index contributed by atoms with van der Waals surface area (Å²) in [6.07, 6.45) is 2.71. The Morgan fingerprint density at radius 2 is 2.22 bits per heavy atom. The molecule has 1 unspecified atom stereocenters. The number of fused-ring (bicyclic) bond motifs is 1. The predicted octanol–water partition coefficient (Wildman–Crippen LogP) is 2.45. The third-order valence-corrected chi connectivity index (χ3v) is 5.36. The zero-order valence-corrected chi connectivity index (χ0v) is 15.6. The van der Waals surface area contributed by atoms with Crippen LogP contribution in [0.3, 0.4) is 0 Å². The summed E-state index contributed by atoms with van der Waals surface area (Å²) in [5, 5.41) is 24.3. The van der Waals surface area contributed by atoms with Crippen LogP contribution in [0.1, 0.15) is 23.6 Å². The molecule has 27 heavy (non-hydrogen) atoms. The number of hydrogen-bond acceptors (Lipinski definition) is 7. The first-order chi connectivity index (χ1) is 13.0. The fraction of sp³-hybridized carbons (Fsp3) is 0.222. The van der Waals surface area contributed by atoms with Crippen molar-refractivity contribution in [3.05, 3.63) is 63.0 Å². The number of benzene rings is 1. The Morgan fingerprint density at radius 1 is 1.37 bits per heavy atom. The van der Waals surface area contributed by atoms with E-state index in [1.54, 1.807) is 37.3 Å². The predicted molar refractivity (Wildman–Crippen MR) is 105 cm³/mol. The maximum atomic E-state index is 13.0. The Kier molecular flexibility index (Phi) is 4.46. The van der Waals surface area contributed by atoms with E-state index in [0.29, 0.717) is 23.1 Å². The second-order valence-electron chi connectivity index (χ2n) is 6.21. The number of thiazole rings is 1. The van der Waals surface area contributed by atoms with Crippen LogP contribution in [0.15, 0.2) is 46.8 Å². The van der Waals surface area contributed by atoms with Gasteiger partial charge in [0.1, 0.15) is 22.6 Å². The fourth-order valence-electron chi connectivity index (χ4n) is 2.88. The van der Waals surface area contributed by atoms with Crippen molar-refractivity contribution in [2.75, 3.05) is 11.9 Å². The summed E-state index contributed by atoms with van der Waals surface area (Å²) in [5.74, 6) is 0.614. The highest BCUT2D eigenvalue weighted by atomic mass is 32.1. The van der Waals surface area contributed by atoms with Gasteiger partial charge in [0.2, 0.25) is 0 Å². The molecule has 0 spiro atoms. The Labute approximate surface area is 158 Å². The minimum Gasteiger partial charge on any atom is -0.386 e. The molecular weight excluding hydrogens is 364 g/mol. The normalized spacial score (nSPS) is 12.4. The topological polar surface area (TPSA) is 99.9 Å². The number of nitrogens with one attached hydrogen (secondary N) is 1. The molecule has 0 fully saturated rings. The largest absolute Gasteiger partial charge is 0.386 e. The third-order valence-electron chi connectivity index (χ3n) is 4.36. The number of anilines is 2. The van der Waals surface area contributed by atoms with Gasteiger partial charge in [0.15, 0.2) is 0 Å². The van der Waals surface area contributed by atoms with Gasteiger partial charge in [0.25, 0.3) is 5.56 Å². The highest BCUT2D eigenvalue weighted by molar-refractivity contribution is 7.10. The molecule has 0 aliphatic carbocycles. The van der Waals surface area contributed by atoms with E-state index < -0.39 is 6.10 Å². The van der Waals surface area contributed by atoms with Crippen molar-refractivity contribution in [2.45, 2.75) is 19.6 Å². The monoisotopic (exact) mass is 382 g/mol. The van der Waals surface area contributed by atoms with E-state index >= 15 is 0 Å². The van der Waals surface area contributed by atoms with E-state index in [1.807, 2.05) is 23.6 Å². The minimum absolute atomic E-state index is 0.216. The average Bonchev–Trinajstić information content (AvgIpc) is 3.33. The van der Waals surface area contributed by atoms with Crippen LogP contribution in [-0.4, -0.2) is 37.1 Å². The standard InChI is InChI=1S/C18H18N6O2S/c1-11(25)17-21-16(10-27-17)23(2)15-6-7-20-24(18(15)26)9-12-4-3-5-14-13(12)8-19-22-14/h3-8,10-11,25H,9H2,1-2H3,(H,19,22). The van der Waals surface area contributed by atoms with Gasteiger partial charge in [-0.2, -0.15) is 10.2 Å². The summed E-state index contributed by atoms with van der Waals surface area (Å²) in [4.78, 5) is 19.1. The van der Waals surface area contributed by atoms with Gasteiger partial charge >= 0.3 is 0 Å². The molecule has 0 saturated heterocycles. The molecule has 0 saturated carbocycles. The molecule has 1 atom stereocenters. The van der Waals surface area contributed by atoms with Crippen molar-refractivity contribution in [2.24, 2.45) is 0 Å². The molecule has 4 aromatic rings. The number of aromatic amines is 1. The van der Waals surface area contributed by atoms with E-state index in [2.05, 4.69) is 20.3 Å². The Bertz CT molecular complexity index is 1150. The highest BCUT2D eigenvalue weighted by Gasteiger charge is 2.16. The summed E-state index contributed by atoms with van der Waals surface area (Å²) in [5.41, 5.74) is 2.13. The zero-order valence-electron chi connectivity index (χ0n) is 14.8. The van der Waals surface area contributed by atoms with Crippen LogP contribution >= 0.6 is 11.3 Å². The average molecular weight is 382 g/mol. The lowest BCUT2D eigenvalue weighted by Gasteiger charge is -2.16. The summed E-state index contributed by atoms with van der Waals surface area (Å²) in [6, 6.07) is 7.48. The smallest absolute Gasteiger partial charge is 0.290 e. The van der Waals surface area contributed by atoms with Crippen LogP contribution in [0.25, 0.3) is 10.9 Å². The van der Waals surface area contributed by atoms with Gasteiger partial charge < -0.3 is 10.0 Å². The summed E-state index contributed by atoms with van der Waals surface area (Å²) >= 11 is 1.36.